The van der Waals surface area contributed by atoms with Crippen LogP contribution in [0.4, 0.5) is 0 Å². The van der Waals surface area contributed by atoms with Crippen LogP contribution in [0.3, 0.4) is 0 Å². The predicted molar refractivity (Wildman–Crippen MR) is 131 cm³/mol. The van der Waals surface area contributed by atoms with Crippen molar-refractivity contribution in [2.24, 2.45) is 0 Å². The van der Waals surface area contributed by atoms with Gasteiger partial charge in [0.05, 0.1) is 19.8 Å². The number of benzene rings is 1. The van der Waals surface area contributed by atoms with Crippen LogP contribution < -0.4 is 14.8 Å². The van der Waals surface area contributed by atoms with E-state index in [1.165, 1.54) is 5.56 Å². The second-order valence-electron chi connectivity index (χ2n) is 7.86. The summed E-state index contributed by atoms with van der Waals surface area (Å²) in [6.45, 7) is 4.20. The van der Waals surface area contributed by atoms with Crippen molar-refractivity contribution >= 4 is 11.5 Å². The molecule has 0 radical (unpaired) electrons. The first kappa shape index (κ1) is 25.2. The molecule has 5 heteroatoms. The van der Waals surface area contributed by atoms with Crippen LogP contribution in [0.25, 0.3) is 5.57 Å². The average Bonchev–Trinajstić information content (AvgIpc) is 2.81. The average molecular weight is 437 g/mol. The van der Waals surface area contributed by atoms with E-state index in [9.17, 15) is 4.79 Å². The van der Waals surface area contributed by atoms with Gasteiger partial charge in [-0.25, -0.2) is 0 Å². The minimum absolute atomic E-state index is 0.0861. The number of ether oxygens (including phenoxy) is 2. The lowest BCUT2D eigenvalue weighted by atomic mass is 9.97. The highest BCUT2D eigenvalue weighted by Gasteiger charge is 2.14. The van der Waals surface area contributed by atoms with Crippen LogP contribution in [-0.4, -0.2) is 31.2 Å². The molecule has 0 saturated heterocycles. The van der Waals surface area contributed by atoms with Crippen LogP contribution in [0, 0.1) is 0 Å². The summed E-state index contributed by atoms with van der Waals surface area (Å²) in [6, 6.07) is 9.92. The first-order valence-corrected chi connectivity index (χ1v) is 11.4. The summed E-state index contributed by atoms with van der Waals surface area (Å²) in [7, 11) is 3.32. The molecule has 32 heavy (non-hydrogen) atoms. The molecule has 0 unspecified atom stereocenters. The van der Waals surface area contributed by atoms with E-state index in [4.69, 9.17) is 9.47 Å². The molecule has 1 aromatic carbocycles. The van der Waals surface area contributed by atoms with Gasteiger partial charge in [-0.3, -0.25) is 9.78 Å². The van der Waals surface area contributed by atoms with Gasteiger partial charge in [0.25, 0.3) is 0 Å². The first-order valence-electron chi connectivity index (χ1n) is 11.4. The molecule has 1 heterocycles. The molecule has 1 atom stereocenters. The van der Waals surface area contributed by atoms with Crippen molar-refractivity contribution in [1.82, 2.24) is 10.3 Å². The molecule has 1 N–H and O–H groups in total. The first-order chi connectivity index (χ1) is 15.6. The number of unbranched alkanes of at least 4 members (excludes halogenated alkanes) is 1. The van der Waals surface area contributed by atoms with E-state index in [2.05, 4.69) is 23.3 Å². The molecule has 0 bridgehead atoms. The number of aryl methyl sites for hydroxylation is 1. The molecule has 0 aliphatic heterocycles. The Balaban J connectivity index is 1.99. The van der Waals surface area contributed by atoms with Crippen LogP contribution in [-0.2, 0) is 11.2 Å². The molecule has 0 fully saturated rings. The van der Waals surface area contributed by atoms with Crippen molar-refractivity contribution in [3.63, 3.8) is 0 Å². The van der Waals surface area contributed by atoms with Gasteiger partial charge in [-0.15, -0.1) is 0 Å². The third-order valence-corrected chi connectivity index (χ3v) is 5.31. The molecule has 1 aromatic heterocycles. The number of methoxy groups -OCH3 is 2. The number of rotatable bonds is 13. The van der Waals surface area contributed by atoms with Gasteiger partial charge in [0.2, 0.25) is 5.91 Å². The summed E-state index contributed by atoms with van der Waals surface area (Å²) in [5.74, 6) is 1.45. The maximum Gasteiger partial charge on any atom is 0.244 e. The van der Waals surface area contributed by atoms with Crippen molar-refractivity contribution in [3.05, 3.63) is 72.1 Å². The normalized spacial score (nSPS) is 12.6. The molecule has 0 spiro atoms. The lowest BCUT2D eigenvalue weighted by molar-refractivity contribution is -0.117. The quantitative estimate of drug-likeness (QED) is 0.320. The predicted octanol–water partition coefficient (Wildman–Crippen LogP) is 5.76. The summed E-state index contributed by atoms with van der Waals surface area (Å²) in [5, 5.41) is 3.05. The van der Waals surface area contributed by atoms with Gasteiger partial charge in [0.1, 0.15) is 11.5 Å². The minimum atomic E-state index is -0.0861. The fraction of sp³-hybridized carbons (Fsp3) is 0.407. The number of amides is 1. The fourth-order valence-corrected chi connectivity index (χ4v) is 3.60. The van der Waals surface area contributed by atoms with Crippen LogP contribution in [0.15, 0.2) is 61.0 Å². The third kappa shape index (κ3) is 8.22. The second kappa shape index (κ2) is 14.1. The molecule has 0 aliphatic carbocycles. The minimum Gasteiger partial charge on any atom is -0.496 e. The molecule has 5 nitrogen and oxygen atoms in total. The summed E-state index contributed by atoms with van der Waals surface area (Å²) >= 11 is 0. The Labute approximate surface area is 192 Å². The number of hydrogen-bond acceptors (Lipinski definition) is 4. The highest BCUT2D eigenvalue weighted by molar-refractivity contribution is 5.88. The molecule has 2 rings (SSSR count). The van der Waals surface area contributed by atoms with Crippen LogP contribution in [0.2, 0.25) is 0 Å². The van der Waals surface area contributed by atoms with Gasteiger partial charge < -0.3 is 14.8 Å². The van der Waals surface area contributed by atoms with Gasteiger partial charge in [0, 0.05) is 24.5 Å². The number of pyridine rings is 1. The summed E-state index contributed by atoms with van der Waals surface area (Å²) in [4.78, 5) is 16.5. The van der Waals surface area contributed by atoms with E-state index >= 15 is 0 Å². The van der Waals surface area contributed by atoms with Crippen molar-refractivity contribution in [2.75, 3.05) is 14.2 Å². The Hall–Kier alpha value is -3.08. The van der Waals surface area contributed by atoms with Gasteiger partial charge in [-0.1, -0.05) is 37.6 Å². The Kier molecular flexibility index (Phi) is 11.1. The molecular weight excluding hydrogens is 400 g/mol. The monoisotopic (exact) mass is 436 g/mol. The topological polar surface area (TPSA) is 60.5 Å². The van der Waals surface area contributed by atoms with Crippen LogP contribution >= 0.6 is 0 Å². The van der Waals surface area contributed by atoms with Crippen molar-refractivity contribution < 1.29 is 14.3 Å². The van der Waals surface area contributed by atoms with E-state index in [0.29, 0.717) is 0 Å². The van der Waals surface area contributed by atoms with E-state index in [-0.39, 0.29) is 11.9 Å². The van der Waals surface area contributed by atoms with E-state index in [0.717, 1.165) is 61.2 Å². The third-order valence-electron chi connectivity index (χ3n) is 5.31. The van der Waals surface area contributed by atoms with Crippen LogP contribution in [0.5, 0.6) is 11.5 Å². The van der Waals surface area contributed by atoms with Crippen molar-refractivity contribution in [1.29, 1.82) is 0 Å². The largest absolute Gasteiger partial charge is 0.496 e. The number of nitrogens with one attached hydrogen (secondary N) is 1. The molecule has 2 aromatic rings. The van der Waals surface area contributed by atoms with Crippen LogP contribution in [0.1, 0.15) is 57.1 Å². The molecular formula is C27H36N2O3. The highest BCUT2D eigenvalue weighted by atomic mass is 16.5. The zero-order valence-corrected chi connectivity index (χ0v) is 19.8. The highest BCUT2D eigenvalue weighted by Crippen LogP contribution is 2.37. The fourth-order valence-electron chi connectivity index (χ4n) is 3.60. The van der Waals surface area contributed by atoms with Gasteiger partial charge >= 0.3 is 0 Å². The maximum absolute atomic E-state index is 12.4. The molecule has 0 aliphatic rings. The van der Waals surface area contributed by atoms with Gasteiger partial charge in [-0.05, 0) is 68.4 Å². The number of aromatic nitrogens is 1. The number of carbonyl (C=O) groups excluding carboxylic acids is 1. The number of allylic oxidation sites excluding steroid dienone is 3. The standard InChI is InChI=1S/C27H36N2O3/c1-5-6-14-23(27-24(31-3)16-9-17-25(27)32-4)15-8-18-26(30)29-21(2)11-7-12-22-13-10-19-28-20-22/h8-10,13,15-21H,5-7,11-12,14H2,1-4H3,(H,29,30)/t21-/m1/s1. The number of nitrogens with zero attached hydrogens (tertiary/aromatic N) is 1. The zero-order valence-electron chi connectivity index (χ0n) is 19.8. The molecule has 1 amide bonds. The maximum atomic E-state index is 12.4. The van der Waals surface area contributed by atoms with E-state index in [1.807, 2.05) is 49.5 Å². The molecule has 0 saturated carbocycles. The lowest BCUT2D eigenvalue weighted by Gasteiger charge is -2.16. The molecule has 172 valence electrons. The summed E-state index contributed by atoms with van der Waals surface area (Å²) in [5.41, 5.74) is 3.26. The Bertz CT molecular complexity index is 869. The van der Waals surface area contributed by atoms with Gasteiger partial charge in [-0.2, -0.15) is 0 Å². The van der Waals surface area contributed by atoms with E-state index in [1.54, 1.807) is 26.5 Å². The SMILES string of the molecule is CCCCC(=CC=CC(=O)N[C@H](C)CCCc1cccnc1)c1c(OC)cccc1OC. The Morgan fingerprint density at radius 2 is 1.88 bits per heavy atom. The van der Waals surface area contributed by atoms with Crippen molar-refractivity contribution in [3.8, 4) is 11.5 Å². The number of carbonyl (C=O) groups is 1. The summed E-state index contributed by atoms with van der Waals surface area (Å²) < 4.78 is 11.1. The Morgan fingerprint density at radius 1 is 1.12 bits per heavy atom. The van der Waals surface area contributed by atoms with E-state index < -0.39 is 0 Å². The van der Waals surface area contributed by atoms with Gasteiger partial charge in [0.15, 0.2) is 0 Å². The van der Waals surface area contributed by atoms with Crippen molar-refractivity contribution in [2.45, 2.75) is 58.4 Å². The summed E-state index contributed by atoms with van der Waals surface area (Å²) in [6.07, 6.45) is 15.0. The Morgan fingerprint density at radius 3 is 2.50 bits per heavy atom. The lowest BCUT2D eigenvalue weighted by Crippen LogP contribution is -2.31. The number of hydrogen-bond donors (Lipinski definition) is 1. The zero-order chi connectivity index (χ0) is 23.2. The second-order valence-corrected chi connectivity index (χ2v) is 7.86. The smallest absolute Gasteiger partial charge is 0.244 e.